The zero-order valence-electron chi connectivity index (χ0n) is 12.0. The van der Waals surface area contributed by atoms with Gasteiger partial charge in [-0.05, 0) is 30.2 Å². The van der Waals surface area contributed by atoms with Crippen molar-refractivity contribution in [3.8, 4) is 0 Å². The Morgan fingerprint density at radius 1 is 1.22 bits per heavy atom. The van der Waals surface area contributed by atoms with Crippen LogP contribution in [0, 0.1) is 0 Å². The highest BCUT2D eigenvalue weighted by Crippen LogP contribution is 2.35. The van der Waals surface area contributed by atoms with Crippen LogP contribution in [0.3, 0.4) is 0 Å². The van der Waals surface area contributed by atoms with E-state index in [0.29, 0.717) is 17.5 Å². The smallest absolute Gasteiger partial charge is 0.391 e. The van der Waals surface area contributed by atoms with Crippen molar-refractivity contribution in [2.75, 3.05) is 6.54 Å². The van der Waals surface area contributed by atoms with Gasteiger partial charge < -0.3 is 15.0 Å². The zero-order valence-corrected chi connectivity index (χ0v) is 12.0. The second-order valence-corrected chi connectivity index (χ2v) is 5.58. The van der Waals surface area contributed by atoms with Crippen LogP contribution in [0.1, 0.15) is 33.9 Å². The molecule has 0 spiro atoms. The lowest BCUT2D eigenvalue weighted by Crippen LogP contribution is -2.31. The number of H-pyrrole nitrogens is 1. The fourth-order valence-corrected chi connectivity index (χ4v) is 2.87. The molecule has 1 amide bonds. The number of nitrogens with zero attached hydrogens (tertiary/aromatic N) is 1. The molecule has 23 heavy (non-hydrogen) atoms. The van der Waals surface area contributed by atoms with E-state index >= 15 is 0 Å². The Morgan fingerprint density at radius 2 is 1.91 bits per heavy atom. The van der Waals surface area contributed by atoms with Crippen molar-refractivity contribution in [2.45, 2.75) is 24.7 Å². The van der Waals surface area contributed by atoms with E-state index in [1.165, 1.54) is 17.0 Å². The number of aliphatic hydroxyl groups excluding tert-OH is 1. The van der Waals surface area contributed by atoms with Crippen LogP contribution in [0.5, 0.6) is 0 Å². The summed E-state index contributed by atoms with van der Waals surface area (Å²) in [5.74, 6) is -0.257. The van der Waals surface area contributed by atoms with Crippen molar-refractivity contribution in [2.24, 2.45) is 0 Å². The molecule has 1 aliphatic heterocycles. The van der Waals surface area contributed by atoms with Gasteiger partial charge in [0.1, 0.15) is 0 Å². The Balaban J connectivity index is 1.86. The Labute approximate surface area is 130 Å². The van der Waals surface area contributed by atoms with Crippen molar-refractivity contribution < 1.29 is 23.1 Å². The standard InChI is InChI=1S/C16H15F3N2O2/c17-16(18,19)12-3-1-10(2-4-12)14-7-13(22)9-21(14)15(23)11-5-6-20-8-11/h1-6,8,13-14,20,22H,7,9H2. The Bertz CT molecular complexity index is 680. The van der Waals surface area contributed by atoms with Gasteiger partial charge in [-0.25, -0.2) is 0 Å². The molecule has 1 fully saturated rings. The van der Waals surface area contributed by atoms with E-state index in [9.17, 15) is 23.1 Å². The van der Waals surface area contributed by atoms with Gasteiger partial charge in [0.25, 0.3) is 5.91 Å². The SMILES string of the molecule is O=C(c1cc[nH]c1)N1CC(O)CC1c1ccc(C(F)(F)F)cc1. The van der Waals surface area contributed by atoms with Crippen LogP contribution in [-0.2, 0) is 6.18 Å². The molecule has 0 saturated carbocycles. The number of alkyl halides is 3. The average Bonchev–Trinajstić information content (AvgIpc) is 3.15. The molecule has 2 atom stereocenters. The maximum atomic E-state index is 12.6. The molecule has 2 N–H and O–H groups in total. The van der Waals surface area contributed by atoms with Crippen LogP contribution < -0.4 is 0 Å². The van der Waals surface area contributed by atoms with Gasteiger partial charge in [-0.1, -0.05) is 12.1 Å². The number of hydrogen-bond acceptors (Lipinski definition) is 2. The fraction of sp³-hybridized carbons (Fsp3) is 0.312. The normalized spacial score (nSPS) is 21.7. The molecule has 2 heterocycles. The highest BCUT2D eigenvalue weighted by atomic mass is 19.4. The van der Waals surface area contributed by atoms with Gasteiger partial charge in [-0.15, -0.1) is 0 Å². The van der Waals surface area contributed by atoms with Crippen LogP contribution in [0.2, 0.25) is 0 Å². The number of aromatic amines is 1. The van der Waals surface area contributed by atoms with Crippen LogP contribution >= 0.6 is 0 Å². The predicted molar refractivity (Wildman–Crippen MR) is 76.6 cm³/mol. The minimum absolute atomic E-state index is 0.162. The van der Waals surface area contributed by atoms with Crippen molar-refractivity contribution >= 4 is 5.91 Å². The number of amides is 1. The summed E-state index contributed by atoms with van der Waals surface area (Å²) in [6, 6.07) is 5.91. The first-order valence-electron chi connectivity index (χ1n) is 7.15. The first-order valence-corrected chi connectivity index (χ1v) is 7.15. The van der Waals surface area contributed by atoms with Gasteiger partial charge >= 0.3 is 6.18 Å². The van der Waals surface area contributed by atoms with Gasteiger partial charge in [0.05, 0.1) is 23.3 Å². The first-order chi connectivity index (χ1) is 10.9. The van der Waals surface area contributed by atoms with Crippen molar-refractivity contribution in [1.82, 2.24) is 9.88 Å². The molecule has 1 aromatic heterocycles. The molecule has 1 aromatic carbocycles. The lowest BCUT2D eigenvalue weighted by atomic mass is 10.0. The number of β-amino-alcohol motifs (C(OH)–C–C–N with tert-alkyl or cyclic N) is 1. The van der Waals surface area contributed by atoms with Crippen molar-refractivity contribution in [3.05, 3.63) is 59.4 Å². The van der Waals surface area contributed by atoms with E-state index in [1.54, 1.807) is 18.5 Å². The van der Waals surface area contributed by atoms with Gasteiger partial charge in [0, 0.05) is 18.9 Å². The van der Waals surface area contributed by atoms with E-state index in [1.807, 2.05) is 0 Å². The number of aromatic nitrogens is 1. The van der Waals surface area contributed by atoms with Gasteiger partial charge in [0.2, 0.25) is 0 Å². The number of rotatable bonds is 2. The molecule has 1 saturated heterocycles. The Hall–Kier alpha value is -2.28. The van der Waals surface area contributed by atoms with E-state index < -0.39 is 23.9 Å². The molecule has 7 heteroatoms. The average molecular weight is 324 g/mol. The monoisotopic (exact) mass is 324 g/mol. The highest BCUT2D eigenvalue weighted by Gasteiger charge is 2.36. The third kappa shape index (κ3) is 3.10. The first kappa shape index (κ1) is 15.6. The van der Waals surface area contributed by atoms with Crippen LogP contribution in [-0.4, -0.2) is 33.5 Å². The number of carbonyl (C=O) groups is 1. The molecule has 0 radical (unpaired) electrons. The third-order valence-corrected chi connectivity index (χ3v) is 4.01. The number of likely N-dealkylation sites (tertiary alicyclic amines) is 1. The number of hydrogen-bond donors (Lipinski definition) is 2. The third-order valence-electron chi connectivity index (χ3n) is 4.01. The topological polar surface area (TPSA) is 56.3 Å². The van der Waals surface area contributed by atoms with Crippen molar-refractivity contribution in [3.63, 3.8) is 0 Å². The zero-order chi connectivity index (χ0) is 16.6. The number of nitrogens with one attached hydrogen (secondary N) is 1. The second-order valence-electron chi connectivity index (χ2n) is 5.58. The molecule has 1 aliphatic rings. The van der Waals surface area contributed by atoms with Crippen molar-refractivity contribution in [1.29, 1.82) is 0 Å². The minimum Gasteiger partial charge on any atom is -0.391 e. The molecule has 4 nitrogen and oxygen atoms in total. The lowest BCUT2D eigenvalue weighted by Gasteiger charge is -2.24. The summed E-state index contributed by atoms with van der Waals surface area (Å²) in [7, 11) is 0. The maximum absolute atomic E-state index is 12.6. The highest BCUT2D eigenvalue weighted by molar-refractivity contribution is 5.94. The summed E-state index contributed by atoms with van der Waals surface area (Å²) in [6.07, 6.45) is -1.61. The largest absolute Gasteiger partial charge is 0.416 e. The summed E-state index contributed by atoms with van der Waals surface area (Å²) < 4.78 is 37.9. The Kier molecular flexibility index (Phi) is 3.89. The second kappa shape index (κ2) is 5.73. The Morgan fingerprint density at radius 3 is 2.48 bits per heavy atom. The summed E-state index contributed by atoms with van der Waals surface area (Å²) in [5, 5.41) is 9.88. The number of halogens is 3. The quantitative estimate of drug-likeness (QED) is 0.892. The molecular weight excluding hydrogens is 309 g/mol. The summed E-state index contributed by atoms with van der Waals surface area (Å²) in [6.45, 7) is 0.162. The number of aliphatic hydroxyl groups is 1. The van der Waals surface area contributed by atoms with E-state index in [4.69, 9.17) is 0 Å². The lowest BCUT2D eigenvalue weighted by molar-refractivity contribution is -0.137. The molecule has 3 rings (SSSR count). The molecule has 2 aromatic rings. The number of benzene rings is 1. The van der Waals surface area contributed by atoms with E-state index in [-0.39, 0.29) is 12.5 Å². The van der Waals surface area contributed by atoms with Gasteiger partial charge in [-0.2, -0.15) is 13.2 Å². The fourth-order valence-electron chi connectivity index (χ4n) is 2.87. The molecule has 2 unspecified atom stereocenters. The summed E-state index contributed by atoms with van der Waals surface area (Å²) >= 11 is 0. The molecule has 122 valence electrons. The summed E-state index contributed by atoms with van der Waals surface area (Å²) in [5.41, 5.74) is 0.303. The summed E-state index contributed by atoms with van der Waals surface area (Å²) in [4.78, 5) is 16.8. The van der Waals surface area contributed by atoms with Crippen LogP contribution in [0.25, 0.3) is 0 Å². The predicted octanol–water partition coefficient (Wildman–Crippen LogP) is 2.98. The van der Waals surface area contributed by atoms with Crippen LogP contribution in [0.15, 0.2) is 42.7 Å². The molecule has 0 bridgehead atoms. The number of carbonyl (C=O) groups excluding carboxylic acids is 1. The minimum atomic E-state index is -4.39. The molecular formula is C16H15F3N2O2. The van der Waals surface area contributed by atoms with E-state index in [0.717, 1.165) is 12.1 Å². The van der Waals surface area contributed by atoms with Gasteiger partial charge in [-0.3, -0.25) is 4.79 Å². The maximum Gasteiger partial charge on any atom is 0.416 e. The van der Waals surface area contributed by atoms with E-state index in [2.05, 4.69) is 4.98 Å². The van der Waals surface area contributed by atoms with Crippen LogP contribution in [0.4, 0.5) is 13.2 Å². The molecule has 0 aliphatic carbocycles. The van der Waals surface area contributed by atoms with Gasteiger partial charge in [0.15, 0.2) is 0 Å².